The lowest BCUT2D eigenvalue weighted by Gasteiger charge is -2.06. The van der Waals surface area contributed by atoms with Gasteiger partial charge < -0.3 is 5.32 Å². The number of carbonyl (C=O) groups is 1. The van der Waals surface area contributed by atoms with Crippen LogP contribution in [-0.4, -0.2) is 5.91 Å². The SMILES string of the molecule is CCCC(=O)Nc1ccc(SCc2ccccc2F)cc1. The molecule has 110 valence electrons. The second-order valence-corrected chi connectivity index (χ2v) is 5.75. The van der Waals surface area contributed by atoms with Crippen LogP contribution in [0.15, 0.2) is 53.4 Å². The molecule has 2 rings (SSSR count). The molecule has 0 aliphatic rings. The van der Waals surface area contributed by atoms with E-state index in [1.807, 2.05) is 37.3 Å². The number of rotatable bonds is 6. The van der Waals surface area contributed by atoms with Crippen molar-refractivity contribution in [3.05, 3.63) is 59.9 Å². The summed E-state index contributed by atoms with van der Waals surface area (Å²) in [4.78, 5) is 12.5. The minimum atomic E-state index is -0.173. The van der Waals surface area contributed by atoms with Gasteiger partial charge in [0.15, 0.2) is 0 Å². The fourth-order valence-corrected chi connectivity index (χ4v) is 2.75. The smallest absolute Gasteiger partial charge is 0.224 e. The van der Waals surface area contributed by atoms with Gasteiger partial charge in [0.25, 0.3) is 0 Å². The van der Waals surface area contributed by atoms with Crippen molar-refractivity contribution in [3.63, 3.8) is 0 Å². The van der Waals surface area contributed by atoms with Crippen LogP contribution >= 0.6 is 11.8 Å². The van der Waals surface area contributed by atoms with E-state index < -0.39 is 0 Å². The molecule has 0 unspecified atom stereocenters. The summed E-state index contributed by atoms with van der Waals surface area (Å²) in [7, 11) is 0. The minimum Gasteiger partial charge on any atom is -0.326 e. The number of amides is 1. The second-order valence-electron chi connectivity index (χ2n) is 4.70. The van der Waals surface area contributed by atoms with Crippen molar-refractivity contribution in [1.82, 2.24) is 0 Å². The van der Waals surface area contributed by atoms with E-state index in [4.69, 9.17) is 0 Å². The molecule has 0 fully saturated rings. The van der Waals surface area contributed by atoms with Crippen molar-refractivity contribution in [3.8, 4) is 0 Å². The Bertz CT molecular complexity index is 598. The number of halogens is 1. The Morgan fingerprint density at radius 2 is 1.86 bits per heavy atom. The van der Waals surface area contributed by atoms with Gasteiger partial charge in [0.2, 0.25) is 5.91 Å². The molecular formula is C17H18FNOS. The predicted molar refractivity (Wildman–Crippen MR) is 85.9 cm³/mol. The molecular weight excluding hydrogens is 285 g/mol. The maximum absolute atomic E-state index is 13.5. The van der Waals surface area contributed by atoms with Crippen LogP contribution in [0, 0.1) is 5.82 Å². The lowest BCUT2D eigenvalue weighted by Crippen LogP contribution is -2.10. The van der Waals surface area contributed by atoms with E-state index in [0.717, 1.165) is 17.0 Å². The Kier molecular flexibility index (Phi) is 5.81. The van der Waals surface area contributed by atoms with Crippen LogP contribution in [0.5, 0.6) is 0 Å². The zero-order chi connectivity index (χ0) is 15.1. The lowest BCUT2D eigenvalue weighted by molar-refractivity contribution is -0.116. The summed E-state index contributed by atoms with van der Waals surface area (Å²) in [6.07, 6.45) is 1.37. The summed E-state index contributed by atoms with van der Waals surface area (Å²) >= 11 is 1.57. The summed E-state index contributed by atoms with van der Waals surface area (Å²) in [6.45, 7) is 1.97. The third kappa shape index (κ3) is 4.90. The molecule has 0 radical (unpaired) electrons. The first kappa shape index (κ1) is 15.6. The van der Waals surface area contributed by atoms with Gasteiger partial charge in [-0.3, -0.25) is 4.79 Å². The van der Waals surface area contributed by atoms with Gasteiger partial charge in [0.1, 0.15) is 5.82 Å². The highest BCUT2D eigenvalue weighted by Gasteiger charge is 2.03. The minimum absolute atomic E-state index is 0.0317. The first-order chi connectivity index (χ1) is 10.2. The van der Waals surface area contributed by atoms with Gasteiger partial charge in [-0.15, -0.1) is 11.8 Å². The fourth-order valence-electron chi connectivity index (χ4n) is 1.86. The van der Waals surface area contributed by atoms with E-state index >= 15 is 0 Å². The highest BCUT2D eigenvalue weighted by atomic mass is 32.2. The maximum atomic E-state index is 13.5. The number of anilines is 1. The summed E-state index contributed by atoms with van der Waals surface area (Å²) in [5, 5.41) is 2.84. The van der Waals surface area contributed by atoms with Gasteiger partial charge in [-0.25, -0.2) is 4.39 Å². The molecule has 2 aromatic rings. The zero-order valence-corrected chi connectivity index (χ0v) is 12.8. The molecule has 0 heterocycles. The molecule has 0 bridgehead atoms. The molecule has 2 nitrogen and oxygen atoms in total. The molecule has 2 aromatic carbocycles. The van der Waals surface area contributed by atoms with Crippen molar-refractivity contribution in [2.45, 2.75) is 30.4 Å². The Morgan fingerprint density at radius 3 is 2.52 bits per heavy atom. The largest absolute Gasteiger partial charge is 0.326 e. The van der Waals surface area contributed by atoms with E-state index in [1.165, 1.54) is 6.07 Å². The lowest BCUT2D eigenvalue weighted by atomic mass is 10.2. The molecule has 0 aliphatic heterocycles. The molecule has 0 saturated heterocycles. The highest BCUT2D eigenvalue weighted by Crippen LogP contribution is 2.25. The number of thioether (sulfide) groups is 1. The second kappa shape index (κ2) is 7.84. The number of hydrogen-bond acceptors (Lipinski definition) is 2. The molecule has 4 heteroatoms. The van der Waals surface area contributed by atoms with Crippen molar-refractivity contribution in [2.75, 3.05) is 5.32 Å². The topological polar surface area (TPSA) is 29.1 Å². The van der Waals surface area contributed by atoms with E-state index in [2.05, 4.69) is 5.32 Å². The highest BCUT2D eigenvalue weighted by molar-refractivity contribution is 7.98. The van der Waals surface area contributed by atoms with Gasteiger partial charge in [0, 0.05) is 22.8 Å². The zero-order valence-electron chi connectivity index (χ0n) is 11.9. The first-order valence-electron chi connectivity index (χ1n) is 6.95. The number of benzene rings is 2. The molecule has 1 N–H and O–H groups in total. The third-order valence-corrected chi connectivity index (χ3v) is 4.03. The quantitative estimate of drug-likeness (QED) is 0.772. The Balaban J connectivity index is 1.91. The number of carbonyl (C=O) groups excluding carboxylic acids is 1. The average molecular weight is 303 g/mol. The van der Waals surface area contributed by atoms with Gasteiger partial charge in [-0.1, -0.05) is 25.1 Å². The van der Waals surface area contributed by atoms with E-state index in [0.29, 0.717) is 17.7 Å². The maximum Gasteiger partial charge on any atom is 0.224 e. The van der Waals surface area contributed by atoms with Gasteiger partial charge in [-0.05, 0) is 42.3 Å². The summed E-state index contributed by atoms with van der Waals surface area (Å²) in [6, 6.07) is 14.4. The summed E-state index contributed by atoms with van der Waals surface area (Å²) in [5.74, 6) is 0.450. The summed E-state index contributed by atoms with van der Waals surface area (Å²) < 4.78 is 13.5. The van der Waals surface area contributed by atoms with Crippen molar-refractivity contribution in [1.29, 1.82) is 0 Å². The number of nitrogens with one attached hydrogen (secondary N) is 1. The molecule has 1 amide bonds. The van der Waals surface area contributed by atoms with Crippen LogP contribution in [0.1, 0.15) is 25.3 Å². The molecule has 0 atom stereocenters. The molecule has 0 aromatic heterocycles. The van der Waals surface area contributed by atoms with Gasteiger partial charge >= 0.3 is 0 Å². The normalized spacial score (nSPS) is 10.4. The van der Waals surface area contributed by atoms with Crippen LogP contribution in [0.2, 0.25) is 0 Å². The van der Waals surface area contributed by atoms with E-state index in [-0.39, 0.29) is 11.7 Å². The molecule has 0 spiro atoms. The summed E-state index contributed by atoms with van der Waals surface area (Å²) in [5.41, 5.74) is 1.49. The Labute approximate surface area is 128 Å². The predicted octanol–water partition coefficient (Wildman–Crippen LogP) is 4.86. The van der Waals surface area contributed by atoms with Crippen LogP contribution in [0.3, 0.4) is 0 Å². The van der Waals surface area contributed by atoms with Crippen molar-refractivity contribution in [2.24, 2.45) is 0 Å². The van der Waals surface area contributed by atoms with Crippen molar-refractivity contribution < 1.29 is 9.18 Å². The van der Waals surface area contributed by atoms with Crippen LogP contribution in [0.4, 0.5) is 10.1 Å². The standard InChI is InChI=1S/C17H18FNOS/c1-2-5-17(20)19-14-8-10-15(11-9-14)21-12-13-6-3-4-7-16(13)18/h3-4,6-11H,2,5,12H2,1H3,(H,19,20). The molecule has 21 heavy (non-hydrogen) atoms. The Hall–Kier alpha value is -1.81. The van der Waals surface area contributed by atoms with Crippen LogP contribution in [-0.2, 0) is 10.5 Å². The first-order valence-corrected chi connectivity index (χ1v) is 7.93. The van der Waals surface area contributed by atoms with E-state index in [1.54, 1.807) is 23.9 Å². The average Bonchev–Trinajstić information content (AvgIpc) is 2.48. The van der Waals surface area contributed by atoms with Crippen LogP contribution in [0.25, 0.3) is 0 Å². The molecule has 0 aliphatic carbocycles. The van der Waals surface area contributed by atoms with Gasteiger partial charge in [0.05, 0.1) is 0 Å². The van der Waals surface area contributed by atoms with Gasteiger partial charge in [-0.2, -0.15) is 0 Å². The third-order valence-electron chi connectivity index (χ3n) is 2.97. The van der Waals surface area contributed by atoms with E-state index in [9.17, 15) is 9.18 Å². The Morgan fingerprint density at radius 1 is 1.14 bits per heavy atom. The van der Waals surface area contributed by atoms with Crippen LogP contribution < -0.4 is 5.32 Å². The fraction of sp³-hybridized carbons (Fsp3) is 0.235. The number of hydrogen-bond donors (Lipinski definition) is 1. The van der Waals surface area contributed by atoms with Crippen molar-refractivity contribution >= 4 is 23.4 Å². The monoisotopic (exact) mass is 303 g/mol. The molecule has 0 saturated carbocycles.